The highest BCUT2D eigenvalue weighted by atomic mass is 16.7. The number of carbonyl (C=O) groups is 1. The van der Waals surface area contributed by atoms with Crippen molar-refractivity contribution >= 4 is 5.91 Å². The molecular formula is C15H19N3O4. The Morgan fingerprint density at radius 2 is 1.91 bits per heavy atom. The van der Waals surface area contributed by atoms with Crippen molar-refractivity contribution in [3.63, 3.8) is 0 Å². The lowest BCUT2D eigenvalue weighted by Crippen LogP contribution is -2.34. The lowest BCUT2D eigenvalue weighted by molar-refractivity contribution is -0.0974. The number of aromatic amines is 1. The largest absolute Gasteiger partial charge is 0.497 e. The van der Waals surface area contributed by atoms with E-state index >= 15 is 0 Å². The molecule has 2 rings (SSSR count). The third kappa shape index (κ3) is 3.84. The number of hydrogen-bond donors (Lipinski definition) is 2. The van der Waals surface area contributed by atoms with Crippen LogP contribution in [0, 0.1) is 0 Å². The topological polar surface area (TPSA) is 85.5 Å². The first kappa shape index (κ1) is 16.0. The smallest absolute Gasteiger partial charge is 0.269 e. The maximum absolute atomic E-state index is 12.0. The molecule has 0 saturated heterocycles. The van der Waals surface area contributed by atoms with E-state index in [0.29, 0.717) is 11.4 Å². The fourth-order valence-corrected chi connectivity index (χ4v) is 1.88. The van der Waals surface area contributed by atoms with Crippen molar-refractivity contribution < 1.29 is 19.0 Å². The standard InChI is InChI=1S/C15H19N3O4/c1-20-11-6-4-10(5-7-11)12-8-13(18-17-12)15(19)16-9-14(21-2)22-3/h4-8,14H,9H2,1-3H3,(H,16,19)(H,17,18). The van der Waals surface area contributed by atoms with Gasteiger partial charge >= 0.3 is 0 Å². The molecule has 1 aromatic carbocycles. The number of nitrogens with zero attached hydrogens (tertiary/aromatic N) is 1. The van der Waals surface area contributed by atoms with Gasteiger partial charge in [-0.3, -0.25) is 9.89 Å². The van der Waals surface area contributed by atoms with Crippen LogP contribution in [0.25, 0.3) is 11.3 Å². The van der Waals surface area contributed by atoms with Gasteiger partial charge in [-0.05, 0) is 30.3 Å². The fourth-order valence-electron chi connectivity index (χ4n) is 1.88. The molecule has 0 radical (unpaired) electrons. The van der Waals surface area contributed by atoms with Crippen LogP contribution in [0.15, 0.2) is 30.3 Å². The van der Waals surface area contributed by atoms with Crippen LogP contribution in [0.3, 0.4) is 0 Å². The second-order valence-electron chi connectivity index (χ2n) is 4.51. The molecule has 0 aliphatic rings. The first-order chi connectivity index (χ1) is 10.7. The van der Waals surface area contributed by atoms with Gasteiger partial charge in [-0.1, -0.05) is 0 Å². The van der Waals surface area contributed by atoms with Gasteiger partial charge in [0.1, 0.15) is 11.4 Å². The Kier molecular flexibility index (Phi) is 5.51. The van der Waals surface area contributed by atoms with Gasteiger partial charge in [-0.25, -0.2) is 0 Å². The van der Waals surface area contributed by atoms with Crippen molar-refractivity contribution in [1.82, 2.24) is 15.5 Å². The molecule has 1 heterocycles. The number of methoxy groups -OCH3 is 3. The molecule has 7 nitrogen and oxygen atoms in total. The van der Waals surface area contributed by atoms with Crippen LogP contribution >= 0.6 is 0 Å². The Morgan fingerprint density at radius 1 is 1.23 bits per heavy atom. The number of benzene rings is 1. The monoisotopic (exact) mass is 305 g/mol. The zero-order valence-electron chi connectivity index (χ0n) is 12.8. The molecule has 7 heteroatoms. The summed E-state index contributed by atoms with van der Waals surface area (Å²) < 4.78 is 15.1. The normalized spacial score (nSPS) is 10.7. The molecule has 0 spiro atoms. The minimum absolute atomic E-state index is 0.253. The predicted molar refractivity (Wildman–Crippen MR) is 80.7 cm³/mol. The zero-order valence-corrected chi connectivity index (χ0v) is 12.8. The molecule has 0 atom stereocenters. The number of amides is 1. The SMILES string of the molecule is COc1ccc(-c2cc(C(=O)NCC(OC)OC)[nH]n2)cc1. The lowest BCUT2D eigenvalue weighted by atomic mass is 10.1. The molecule has 118 valence electrons. The number of rotatable bonds is 7. The second kappa shape index (κ2) is 7.58. The highest BCUT2D eigenvalue weighted by Crippen LogP contribution is 2.21. The summed E-state index contributed by atoms with van der Waals surface area (Å²) in [5.74, 6) is 0.494. The first-order valence-corrected chi connectivity index (χ1v) is 6.71. The van der Waals surface area contributed by atoms with Crippen LogP contribution < -0.4 is 10.1 Å². The molecule has 2 aromatic rings. The average Bonchev–Trinajstić information content (AvgIpc) is 3.05. The number of H-pyrrole nitrogens is 1. The summed E-state index contributed by atoms with van der Waals surface area (Å²) >= 11 is 0. The summed E-state index contributed by atoms with van der Waals surface area (Å²) in [6.07, 6.45) is -0.479. The van der Waals surface area contributed by atoms with Crippen LogP contribution in [0.1, 0.15) is 10.5 Å². The Labute approximate surface area is 128 Å². The molecule has 0 unspecified atom stereocenters. The highest BCUT2D eigenvalue weighted by molar-refractivity contribution is 5.93. The van der Waals surface area contributed by atoms with Crippen molar-refractivity contribution in [1.29, 1.82) is 0 Å². The molecule has 0 fully saturated rings. The highest BCUT2D eigenvalue weighted by Gasteiger charge is 2.13. The molecule has 0 aliphatic heterocycles. The quantitative estimate of drug-likeness (QED) is 0.756. The minimum atomic E-state index is -0.479. The summed E-state index contributed by atoms with van der Waals surface area (Å²) in [5.41, 5.74) is 1.95. The average molecular weight is 305 g/mol. The zero-order chi connectivity index (χ0) is 15.9. The maximum atomic E-state index is 12.0. The Morgan fingerprint density at radius 3 is 2.50 bits per heavy atom. The molecular weight excluding hydrogens is 286 g/mol. The van der Waals surface area contributed by atoms with Crippen molar-refractivity contribution in [2.45, 2.75) is 6.29 Å². The van der Waals surface area contributed by atoms with Crippen LogP contribution in [0.4, 0.5) is 0 Å². The van der Waals surface area contributed by atoms with Gasteiger partial charge < -0.3 is 19.5 Å². The van der Waals surface area contributed by atoms with Gasteiger partial charge in [0.25, 0.3) is 5.91 Å². The molecule has 0 bridgehead atoms. The van der Waals surface area contributed by atoms with Crippen molar-refractivity contribution in [2.24, 2.45) is 0 Å². The van der Waals surface area contributed by atoms with Crippen molar-refractivity contribution in [3.05, 3.63) is 36.0 Å². The van der Waals surface area contributed by atoms with E-state index < -0.39 is 6.29 Å². The van der Waals surface area contributed by atoms with Gasteiger partial charge in [0.05, 0.1) is 19.3 Å². The Hall–Kier alpha value is -2.38. The summed E-state index contributed by atoms with van der Waals surface area (Å²) in [5, 5.41) is 9.56. The van der Waals surface area contributed by atoms with Crippen LogP contribution in [0.2, 0.25) is 0 Å². The number of nitrogens with one attached hydrogen (secondary N) is 2. The summed E-state index contributed by atoms with van der Waals surface area (Å²) in [4.78, 5) is 12.0. The minimum Gasteiger partial charge on any atom is -0.497 e. The molecule has 1 amide bonds. The van der Waals surface area contributed by atoms with E-state index in [1.807, 2.05) is 24.3 Å². The van der Waals surface area contributed by atoms with Gasteiger partial charge in [0.15, 0.2) is 6.29 Å². The van der Waals surface area contributed by atoms with E-state index in [-0.39, 0.29) is 12.5 Å². The van der Waals surface area contributed by atoms with Gasteiger partial charge in [-0.2, -0.15) is 5.10 Å². The molecule has 2 N–H and O–H groups in total. The van der Waals surface area contributed by atoms with E-state index in [4.69, 9.17) is 14.2 Å². The molecule has 0 saturated carbocycles. The first-order valence-electron chi connectivity index (χ1n) is 6.71. The van der Waals surface area contributed by atoms with Crippen LogP contribution in [0.5, 0.6) is 5.75 Å². The molecule has 1 aromatic heterocycles. The number of ether oxygens (including phenoxy) is 3. The van der Waals surface area contributed by atoms with E-state index in [1.54, 1.807) is 13.2 Å². The molecule has 22 heavy (non-hydrogen) atoms. The van der Waals surface area contributed by atoms with E-state index in [0.717, 1.165) is 11.3 Å². The van der Waals surface area contributed by atoms with Crippen LogP contribution in [-0.2, 0) is 9.47 Å². The second-order valence-corrected chi connectivity index (χ2v) is 4.51. The third-order valence-electron chi connectivity index (χ3n) is 3.16. The number of hydrogen-bond acceptors (Lipinski definition) is 5. The number of aromatic nitrogens is 2. The van der Waals surface area contributed by atoms with Crippen LogP contribution in [-0.4, -0.2) is 50.3 Å². The van der Waals surface area contributed by atoms with Gasteiger partial charge in [0, 0.05) is 19.8 Å². The van der Waals surface area contributed by atoms with E-state index in [2.05, 4.69) is 15.5 Å². The van der Waals surface area contributed by atoms with Gasteiger partial charge in [0.2, 0.25) is 0 Å². The Bertz CT molecular complexity index is 606. The summed E-state index contributed by atoms with van der Waals surface area (Å²) in [6, 6.07) is 9.12. The third-order valence-corrected chi connectivity index (χ3v) is 3.16. The van der Waals surface area contributed by atoms with E-state index in [9.17, 15) is 4.79 Å². The fraction of sp³-hybridized carbons (Fsp3) is 0.333. The maximum Gasteiger partial charge on any atom is 0.269 e. The lowest BCUT2D eigenvalue weighted by Gasteiger charge is -2.13. The van der Waals surface area contributed by atoms with E-state index in [1.165, 1.54) is 14.2 Å². The Balaban J connectivity index is 2.02. The molecule has 0 aliphatic carbocycles. The van der Waals surface area contributed by atoms with Gasteiger partial charge in [-0.15, -0.1) is 0 Å². The summed E-state index contributed by atoms with van der Waals surface area (Å²) in [7, 11) is 4.63. The summed E-state index contributed by atoms with van der Waals surface area (Å²) in [6.45, 7) is 0.253. The van der Waals surface area contributed by atoms with Crippen molar-refractivity contribution in [3.8, 4) is 17.0 Å². The number of carbonyl (C=O) groups excluding carboxylic acids is 1. The predicted octanol–water partition coefficient (Wildman–Crippen LogP) is 1.43. The van der Waals surface area contributed by atoms with Crippen molar-refractivity contribution in [2.75, 3.05) is 27.9 Å².